The molecule has 0 aliphatic carbocycles. The third-order valence-corrected chi connectivity index (χ3v) is 3.34. The van der Waals surface area contributed by atoms with Gasteiger partial charge in [-0.3, -0.25) is 0 Å². The zero-order chi connectivity index (χ0) is 12.1. The lowest BCUT2D eigenvalue weighted by molar-refractivity contribution is 0.627. The quantitative estimate of drug-likeness (QED) is 0.693. The van der Waals surface area contributed by atoms with Gasteiger partial charge in [-0.25, -0.2) is 4.39 Å². The van der Waals surface area contributed by atoms with Gasteiger partial charge in [-0.1, -0.05) is 30.9 Å². The molecule has 0 aliphatic rings. The van der Waals surface area contributed by atoms with Crippen molar-refractivity contribution >= 4 is 11.3 Å². The molecule has 86 valence electrons. The summed E-state index contributed by atoms with van der Waals surface area (Å²) < 4.78 is 12.8. The lowest BCUT2D eigenvalue weighted by atomic mass is 10.1. The highest BCUT2D eigenvalue weighted by Crippen LogP contribution is 2.19. The maximum absolute atomic E-state index is 12.8. The zero-order valence-electron chi connectivity index (χ0n) is 9.66. The summed E-state index contributed by atoms with van der Waals surface area (Å²) in [5, 5.41) is 0. The summed E-state index contributed by atoms with van der Waals surface area (Å²) in [5.41, 5.74) is 1.13. The minimum absolute atomic E-state index is 0.186. The summed E-state index contributed by atoms with van der Waals surface area (Å²) in [7, 11) is 0. The number of halogens is 1. The van der Waals surface area contributed by atoms with Crippen LogP contribution in [0.15, 0.2) is 36.4 Å². The minimum Gasteiger partial charge on any atom is -0.207 e. The molecule has 0 saturated heterocycles. The monoisotopic (exact) mass is 244 g/mol. The van der Waals surface area contributed by atoms with Gasteiger partial charge in [0.1, 0.15) is 5.82 Å². The third kappa shape index (κ3) is 3.44. The Morgan fingerprint density at radius 3 is 2.59 bits per heavy atom. The maximum atomic E-state index is 12.8. The minimum atomic E-state index is -0.186. The summed E-state index contributed by atoms with van der Waals surface area (Å²) in [5.74, 6) is 5.99. The predicted octanol–water partition coefficient (Wildman–Crippen LogP) is 4.24. The van der Waals surface area contributed by atoms with Crippen LogP contribution >= 0.6 is 11.3 Å². The molecule has 1 aromatic heterocycles. The Morgan fingerprint density at radius 2 is 1.88 bits per heavy atom. The molecule has 1 aromatic carbocycles. The second-order valence-electron chi connectivity index (χ2n) is 3.72. The van der Waals surface area contributed by atoms with Crippen LogP contribution in [0.3, 0.4) is 0 Å². The standard InChI is InChI=1S/C15H13FS/c1-2-3-4-14-9-10-15(17-14)11-12-5-7-13(16)8-6-12/h5-10H,2,11H2,1H3. The highest BCUT2D eigenvalue weighted by molar-refractivity contribution is 7.12. The van der Waals surface area contributed by atoms with Gasteiger partial charge in [-0.15, -0.1) is 11.3 Å². The normalized spacial score (nSPS) is 9.76. The van der Waals surface area contributed by atoms with Gasteiger partial charge in [0.2, 0.25) is 0 Å². The zero-order valence-corrected chi connectivity index (χ0v) is 10.5. The summed E-state index contributed by atoms with van der Waals surface area (Å²) in [6.07, 6.45) is 1.73. The fourth-order valence-corrected chi connectivity index (χ4v) is 2.44. The van der Waals surface area contributed by atoms with E-state index in [0.29, 0.717) is 0 Å². The van der Waals surface area contributed by atoms with Crippen molar-refractivity contribution < 1.29 is 4.39 Å². The van der Waals surface area contributed by atoms with Crippen LogP contribution in [0.1, 0.15) is 28.7 Å². The Kier molecular flexibility index (Phi) is 3.95. The summed E-state index contributed by atoms with van der Waals surface area (Å²) in [4.78, 5) is 2.36. The lowest BCUT2D eigenvalue weighted by Gasteiger charge is -1.97. The van der Waals surface area contributed by atoms with Crippen molar-refractivity contribution in [2.24, 2.45) is 0 Å². The number of rotatable bonds is 2. The number of benzene rings is 1. The van der Waals surface area contributed by atoms with Crippen molar-refractivity contribution in [1.82, 2.24) is 0 Å². The van der Waals surface area contributed by atoms with Crippen LogP contribution in [-0.2, 0) is 6.42 Å². The smallest absolute Gasteiger partial charge is 0.123 e. The highest BCUT2D eigenvalue weighted by Gasteiger charge is 2.00. The lowest BCUT2D eigenvalue weighted by Crippen LogP contribution is -1.84. The van der Waals surface area contributed by atoms with Crippen LogP contribution in [-0.4, -0.2) is 0 Å². The van der Waals surface area contributed by atoms with Crippen molar-refractivity contribution in [3.8, 4) is 11.8 Å². The molecular weight excluding hydrogens is 231 g/mol. The van der Waals surface area contributed by atoms with Crippen molar-refractivity contribution in [1.29, 1.82) is 0 Å². The number of hydrogen-bond acceptors (Lipinski definition) is 1. The van der Waals surface area contributed by atoms with E-state index >= 15 is 0 Å². The van der Waals surface area contributed by atoms with Gasteiger partial charge in [0.15, 0.2) is 0 Å². The molecule has 0 saturated carbocycles. The second kappa shape index (κ2) is 5.65. The van der Waals surface area contributed by atoms with E-state index in [2.05, 4.69) is 17.9 Å². The van der Waals surface area contributed by atoms with Crippen LogP contribution in [0.4, 0.5) is 4.39 Å². The first-order valence-electron chi connectivity index (χ1n) is 5.60. The van der Waals surface area contributed by atoms with Crippen LogP contribution in [0.5, 0.6) is 0 Å². The van der Waals surface area contributed by atoms with Gasteiger partial charge in [-0.05, 0) is 29.8 Å². The first-order valence-corrected chi connectivity index (χ1v) is 6.41. The Morgan fingerprint density at radius 1 is 1.12 bits per heavy atom. The van der Waals surface area contributed by atoms with Gasteiger partial charge in [0, 0.05) is 17.7 Å². The largest absolute Gasteiger partial charge is 0.207 e. The molecule has 0 atom stereocenters. The van der Waals surface area contributed by atoms with E-state index in [-0.39, 0.29) is 5.82 Å². The van der Waals surface area contributed by atoms with Crippen molar-refractivity contribution in [3.05, 3.63) is 57.5 Å². The summed E-state index contributed by atoms with van der Waals surface area (Å²) >= 11 is 1.70. The van der Waals surface area contributed by atoms with E-state index in [1.165, 1.54) is 17.0 Å². The first kappa shape index (κ1) is 11.9. The molecule has 0 amide bonds. The second-order valence-corrected chi connectivity index (χ2v) is 4.89. The van der Waals surface area contributed by atoms with Crippen molar-refractivity contribution in [3.63, 3.8) is 0 Å². The molecule has 0 unspecified atom stereocenters. The molecule has 0 nitrogen and oxygen atoms in total. The molecule has 0 radical (unpaired) electrons. The SMILES string of the molecule is CCC#Cc1ccc(Cc2ccc(F)cc2)s1. The topological polar surface area (TPSA) is 0 Å². The van der Waals surface area contributed by atoms with E-state index in [4.69, 9.17) is 0 Å². The Balaban J connectivity index is 2.08. The highest BCUT2D eigenvalue weighted by atomic mass is 32.1. The molecule has 1 heterocycles. The molecule has 2 aromatic rings. The number of thiophene rings is 1. The molecule has 17 heavy (non-hydrogen) atoms. The Bertz CT molecular complexity index is 540. The Labute approximate surface area is 105 Å². The van der Waals surface area contributed by atoms with E-state index in [9.17, 15) is 4.39 Å². The van der Waals surface area contributed by atoms with E-state index in [1.54, 1.807) is 11.3 Å². The Hall–Kier alpha value is -1.59. The number of hydrogen-bond donors (Lipinski definition) is 0. The molecule has 0 fully saturated rings. The maximum Gasteiger partial charge on any atom is 0.123 e. The predicted molar refractivity (Wildman–Crippen MR) is 70.7 cm³/mol. The van der Waals surface area contributed by atoms with Gasteiger partial charge in [-0.2, -0.15) is 0 Å². The van der Waals surface area contributed by atoms with Crippen LogP contribution in [0.2, 0.25) is 0 Å². The van der Waals surface area contributed by atoms with E-state index in [1.807, 2.05) is 25.1 Å². The van der Waals surface area contributed by atoms with Gasteiger partial charge < -0.3 is 0 Å². The van der Waals surface area contributed by atoms with Gasteiger partial charge >= 0.3 is 0 Å². The van der Waals surface area contributed by atoms with Gasteiger partial charge in [0.25, 0.3) is 0 Å². The molecule has 2 heteroatoms. The van der Waals surface area contributed by atoms with E-state index < -0.39 is 0 Å². The first-order chi connectivity index (χ1) is 8.28. The van der Waals surface area contributed by atoms with Gasteiger partial charge in [0.05, 0.1) is 4.88 Å². The molecule has 2 rings (SSSR count). The third-order valence-electron chi connectivity index (χ3n) is 2.34. The molecule has 0 spiro atoms. The fraction of sp³-hybridized carbons (Fsp3) is 0.200. The fourth-order valence-electron chi connectivity index (χ4n) is 1.52. The van der Waals surface area contributed by atoms with Crippen LogP contribution in [0, 0.1) is 17.7 Å². The van der Waals surface area contributed by atoms with Crippen molar-refractivity contribution in [2.45, 2.75) is 19.8 Å². The van der Waals surface area contributed by atoms with E-state index in [0.717, 1.165) is 23.3 Å². The van der Waals surface area contributed by atoms with Crippen molar-refractivity contribution in [2.75, 3.05) is 0 Å². The molecule has 0 bridgehead atoms. The molecule has 0 N–H and O–H groups in total. The molecular formula is C15H13FS. The average molecular weight is 244 g/mol. The average Bonchev–Trinajstić information content (AvgIpc) is 2.77. The molecule has 0 aliphatic heterocycles. The van der Waals surface area contributed by atoms with Crippen LogP contribution < -0.4 is 0 Å². The van der Waals surface area contributed by atoms with Crippen LogP contribution in [0.25, 0.3) is 0 Å². The summed E-state index contributed by atoms with van der Waals surface area (Å²) in [6, 6.07) is 10.8. The summed E-state index contributed by atoms with van der Waals surface area (Å²) in [6.45, 7) is 2.04.